The quantitative estimate of drug-likeness (QED) is 0.918. The standard InChI is InChI=1S/C14H15N5OS/c20-12-6-10-11(2-5-15-10)19(12)7-9-8-21-14(18-9)13-16-3-1-4-17-13/h1,3-4,8,10-11,15H,2,5-7H2/t10-,11-/m1/s1. The van der Waals surface area contributed by atoms with Crippen LogP contribution in [0.25, 0.3) is 10.8 Å². The number of likely N-dealkylation sites (tertiary alicyclic amines) is 1. The Morgan fingerprint density at radius 1 is 1.38 bits per heavy atom. The van der Waals surface area contributed by atoms with Gasteiger partial charge in [0.05, 0.1) is 12.2 Å². The summed E-state index contributed by atoms with van der Waals surface area (Å²) < 4.78 is 0. The van der Waals surface area contributed by atoms with Gasteiger partial charge in [0.1, 0.15) is 0 Å². The van der Waals surface area contributed by atoms with Gasteiger partial charge in [-0.15, -0.1) is 11.3 Å². The van der Waals surface area contributed by atoms with Crippen LogP contribution < -0.4 is 5.32 Å². The molecule has 7 heteroatoms. The van der Waals surface area contributed by atoms with Gasteiger partial charge in [0.15, 0.2) is 10.8 Å². The topological polar surface area (TPSA) is 71.0 Å². The number of carbonyl (C=O) groups is 1. The summed E-state index contributed by atoms with van der Waals surface area (Å²) in [5.74, 6) is 0.865. The lowest BCUT2D eigenvalue weighted by atomic mass is 10.1. The second-order valence-corrected chi connectivity index (χ2v) is 6.22. The maximum atomic E-state index is 12.1. The van der Waals surface area contributed by atoms with Crippen LogP contribution in [0.2, 0.25) is 0 Å². The number of carbonyl (C=O) groups excluding carboxylic acids is 1. The summed E-state index contributed by atoms with van der Waals surface area (Å²) >= 11 is 1.52. The zero-order valence-electron chi connectivity index (χ0n) is 11.4. The Kier molecular flexibility index (Phi) is 3.16. The molecule has 21 heavy (non-hydrogen) atoms. The van der Waals surface area contributed by atoms with E-state index in [0.717, 1.165) is 23.7 Å². The number of hydrogen-bond acceptors (Lipinski definition) is 6. The number of nitrogens with one attached hydrogen (secondary N) is 1. The number of amides is 1. The van der Waals surface area contributed by atoms with Crippen LogP contribution in [0.5, 0.6) is 0 Å². The molecule has 0 bridgehead atoms. The van der Waals surface area contributed by atoms with Gasteiger partial charge in [-0.3, -0.25) is 4.79 Å². The molecule has 4 rings (SSSR count). The first-order chi connectivity index (χ1) is 10.3. The van der Waals surface area contributed by atoms with E-state index in [2.05, 4.69) is 20.3 Å². The summed E-state index contributed by atoms with van der Waals surface area (Å²) in [5.41, 5.74) is 0.920. The highest BCUT2D eigenvalue weighted by Crippen LogP contribution is 2.28. The number of rotatable bonds is 3. The van der Waals surface area contributed by atoms with Crippen LogP contribution >= 0.6 is 11.3 Å². The molecular weight excluding hydrogens is 286 g/mol. The number of thiazole rings is 1. The highest BCUT2D eigenvalue weighted by molar-refractivity contribution is 7.13. The Balaban J connectivity index is 1.53. The molecule has 2 aromatic heterocycles. The van der Waals surface area contributed by atoms with Crippen LogP contribution in [0.4, 0.5) is 0 Å². The molecule has 6 nitrogen and oxygen atoms in total. The van der Waals surface area contributed by atoms with Crippen molar-refractivity contribution in [1.82, 2.24) is 25.2 Å². The molecule has 2 fully saturated rings. The summed E-state index contributed by atoms with van der Waals surface area (Å²) in [4.78, 5) is 27.1. The zero-order chi connectivity index (χ0) is 14.2. The molecule has 0 radical (unpaired) electrons. The third kappa shape index (κ3) is 2.32. The van der Waals surface area contributed by atoms with Crippen molar-refractivity contribution in [2.75, 3.05) is 6.54 Å². The minimum atomic E-state index is 0.225. The fraction of sp³-hybridized carbons (Fsp3) is 0.429. The normalized spacial score (nSPS) is 24.6. The van der Waals surface area contributed by atoms with Crippen LogP contribution in [0.15, 0.2) is 23.8 Å². The van der Waals surface area contributed by atoms with Crippen LogP contribution in [0.1, 0.15) is 18.5 Å². The van der Waals surface area contributed by atoms with E-state index in [1.165, 1.54) is 11.3 Å². The molecule has 2 aromatic rings. The van der Waals surface area contributed by atoms with Crippen molar-refractivity contribution in [3.05, 3.63) is 29.5 Å². The molecule has 0 saturated carbocycles. The summed E-state index contributed by atoms with van der Waals surface area (Å²) in [7, 11) is 0. The van der Waals surface area contributed by atoms with Crippen LogP contribution in [0, 0.1) is 0 Å². The third-order valence-corrected chi connectivity index (χ3v) is 4.95. The number of nitrogens with zero attached hydrogens (tertiary/aromatic N) is 4. The Morgan fingerprint density at radius 3 is 3.10 bits per heavy atom. The molecule has 4 heterocycles. The van der Waals surface area contributed by atoms with E-state index in [-0.39, 0.29) is 5.91 Å². The van der Waals surface area contributed by atoms with E-state index >= 15 is 0 Å². The maximum Gasteiger partial charge on any atom is 0.224 e. The van der Waals surface area contributed by atoms with Gasteiger partial charge in [0.25, 0.3) is 0 Å². The maximum absolute atomic E-state index is 12.1. The number of fused-ring (bicyclic) bond motifs is 1. The van der Waals surface area contributed by atoms with Crippen LogP contribution in [-0.2, 0) is 11.3 Å². The van der Waals surface area contributed by atoms with Crippen molar-refractivity contribution in [2.45, 2.75) is 31.5 Å². The first kappa shape index (κ1) is 12.8. The zero-order valence-corrected chi connectivity index (χ0v) is 12.2. The van der Waals surface area contributed by atoms with E-state index in [0.29, 0.717) is 30.9 Å². The lowest BCUT2D eigenvalue weighted by molar-refractivity contribution is -0.129. The predicted octanol–water partition coefficient (Wildman–Crippen LogP) is 1.06. The largest absolute Gasteiger partial charge is 0.332 e. The molecule has 0 aromatic carbocycles. The molecule has 2 atom stereocenters. The lowest BCUT2D eigenvalue weighted by Crippen LogP contribution is -2.35. The second kappa shape index (κ2) is 5.16. The Labute approximate surface area is 126 Å². The van der Waals surface area contributed by atoms with Crippen molar-refractivity contribution in [1.29, 1.82) is 0 Å². The molecule has 1 amide bonds. The SMILES string of the molecule is O=C1C[C@H]2NCC[C@H]2N1Cc1csc(-c2ncccn2)n1. The van der Waals surface area contributed by atoms with Gasteiger partial charge in [-0.1, -0.05) is 0 Å². The van der Waals surface area contributed by atoms with E-state index in [9.17, 15) is 4.79 Å². The fourth-order valence-corrected chi connectivity index (χ4v) is 3.85. The molecule has 0 unspecified atom stereocenters. The molecule has 0 spiro atoms. The fourth-order valence-electron chi connectivity index (χ4n) is 3.10. The molecule has 1 N–H and O–H groups in total. The van der Waals surface area contributed by atoms with Gasteiger partial charge in [-0.25, -0.2) is 15.0 Å². The van der Waals surface area contributed by atoms with Gasteiger partial charge < -0.3 is 10.2 Å². The lowest BCUT2D eigenvalue weighted by Gasteiger charge is -2.22. The van der Waals surface area contributed by atoms with Crippen LogP contribution in [0.3, 0.4) is 0 Å². The highest BCUT2D eigenvalue weighted by Gasteiger charge is 2.42. The van der Waals surface area contributed by atoms with Gasteiger partial charge in [-0.2, -0.15) is 0 Å². The van der Waals surface area contributed by atoms with E-state index < -0.39 is 0 Å². The molecular formula is C14H15N5OS. The molecule has 2 saturated heterocycles. The average Bonchev–Trinajstić information content (AvgIpc) is 3.19. The molecule has 0 aliphatic carbocycles. The summed E-state index contributed by atoms with van der Waals surface area (Å²) in [6.45, 7) is 1.59. The summed E-state index contributed by atoms with van der Waals surface area (Å²) in [5, 5.41) is 6.19. The van der Waals surface area contributed by atoms with E-state index in [1.807, 2.05) is 10.3 Å². The molecule has 108 valence electrons. The Hall–Kier alpha value is -1.86. The van der Waals surface area contributed by atoms with Gasteiger partial charge in [0, 0.05) is 36.3 Å². The second-order valence-electron chi connectivity index (χ2n) is 5.36. The third-order valence-electron chi connectivity index (χ3n) is 4.07. The minimum Gasteiger partial charge on any atom is -0.332 e. The smallest absolute Gasteiger partial charge is 0.224 e. The summed E-state index contributed by atoms with van der Waals surface area (Å²) in [6, 6.07) is 2.44. The molecule has 2 aliphatic heterocycles. The first-order valence-electron chi connectivity index (χ1n) is 7.06. The Bertz CT molecular complexity index is 658. The van der Waals surface area contributed by atoms with E-state index in [1.54, 1.807) is 18.5 Å². The number of aromatic nitrogens is 3. The number of hydrogen-bond donors (Lipinski definition) is 1. The van der Waals surface area contributed by atoms with Crippen LogP contribution in [-0.4, -0.2) is 44.4 Å². The van der Waals surface area contributed by atoms with Crippen molar-refractivity contribution in [3.63, 3.8) is 0 Å². The van der Waals surface area contributed by atoms with Gasteiger partial charge in [0.2, 0.25) is 5.91 Å². The monoisotopic (exact) mass is 301 g/mol. The highest BCUT2D eigenvalue weighted by atomic mass is 32.1. The average molecular weight is 301 g/mol. The van der Waals surface area contributed by atoms with Crippen molar-refractivity contribution in [3.8, 4) is 10.8 Å². The van der Waals surface area contributed by atoms with Crippen molar-refractivity contribution in [2.24, 2.45) is 0 Å². The van der Waals surface area contributed by atoms with Gasteiger partial charge >= 0.3 is 0 Å². The van der Waals surface area contributed by atoms with Crippen molar-refractivity contribution >= 4 is 17.2 Å². The van der Waals surface area contributed by atoms with Gasteiger partial charge in [-0.05, 0) is 19.0 Å². The Morgan fingerprint density at radius 2 is 2.24 bits per heavy atom. The minimum absolute atomic E-state index is 0.225. The first-order valence-corrected chi connectivity index (χ1v) is 7.94. The summed E-state index contributed by atoms with van der Waals surface area (Å²) in [6.07, 6.45) is 5.07. The predicted molar refractivity (Wildman–Crippen MR) is 78.5 cm³/mol. The van der Waals surface area contributed by atoms with Crippen molar-refractivity contribution < 1.29 is 4.79 Å². The van der Waals surface area contributed by atoms with E-state index in [4.69, 9.17) is 0 Å². The molecule has 2 aliphatic rings.